The van der Waals surface area contributed by atoms with Gasteiger partial charge in [-0.05, 0) is 69.2 Å². The zero-order valence-electron chi connectivity index (χ0n) is 27.3. The van der Waals surface area contributed by atoms with Crippen molar-refractivity contribution in [3.05, 3.63) is 142 Å². The molecule has 0 aromatic heterocycles. The minimum Gasteiger partial charge on any atom is -0.314 e. The molecule has 0 radical (unpaired) electrons. The smallest absolute Gasteiger partial charge is 0.0450 e. The van der Waals surface area contributed by atoms with Crippen molar-refractivity contribution < 1.29 is 0 Å². The Morgan fingerprint density at radius 2 is 0.932 bits per heavy atom. The Balaban J connectivity index is 1.67. The van der Waals surface area contributed by atoms with Crippen molar-refractivity contribution in [2.24, 2.45) is 0 Å². The molecule has 0 bridgehead atoms. The van der Waals surface area contributed by atoms with Gasteiger partial charge in [-0.2, -0.15) is 0 Å². The molecule has 0 saturated carbocycles. The van der Waals surface area contributed by atoms with Gasteiger partial charge in [-0.1, -0.05) is 119 Å². The van der Waals surface area contributed by atoms with Crippen molar-refractivity contribution in [2.75, 3.05) is 39.3 Å². The molecule has 5 rings (SSSR count). The first-order valence-electron chi connectivity index (χ1n) is 16.5. The predicted molar refractivity (Wildman–Crippen MR) is 186 cm³/mol. The van der Waals surface area contributed by atoms with E-state index in [1.54, 1.807) is 0 Å². The maximum atomic E-state index is 4.16. The van der Waals surface area contributed by atoms with E-state index in [4.69, 9.17) is 0 Å². The molecule has 1 fully saturated rings. The van der Waals surface area contributed by atoms with Crippen LogP contribution in [0.25, 0.3) is 0 Å². The highest BCUT2D eigenvalue weighted by molar-refractivity contribution is 5.31. The van der Waals surface area contributed by atoms with Crippen LogP contribution < -0.4 is 16.0 Å². The molecule has 1 aliphatic heterocycles. The van der Waals surface area contributed by atoms with Gasteiger partial charge in [0.2, 0.25) is 0 Å². The number of hydrogen-bond donors (Lipinski definition) is 3. The van der Waals surface area contributed by atoms with Crippen LogP contribution in [-0.2, 0) is 25.8 Å². The topological polar surface area (TPSA) is 39.3 Å². The van der Waals surface area contributed by atoms with Crippen molar-refractivity contribution in [1.82, 2.24) is 20.9 Å². The Morgan fingerprint density at radius 3 is 1.43 bits per heavy atom. The Hall–Kier alpha value is -3.28. The van der Waals surface area contributed by atoms with Crippen LogP contribution in [0.5, 0.6) is 0 Å². The van der Waals surface area contributed by atoms with Crippen molar-refractivity contribution in [2.45, 2.75) is 65.1 Å². The lowest BCUT2D eigenvalue weighted by Crippen LogP contribution is -2.66. The maximum absolute atomic E-state index is 4.16. The van der Waals surface area contributed by atoms with E-state index in [1.165, 1.54) is 44.5 Å². The van der Waals surface area contributed by atoms with Crippen LogP contribution >= 0.6 is 0 Å². The molecule has 0 aliphatic carbocycles. The largest absolute Gasteiger partial charge is 0.314 e. The van der Waals surface area contributed by atoms with E-state index >= 15 is 0 Å². The third-order valence-electron chi connectivity index (χ3n) is 9.32. The van der Waals surface area contributed by atoms with Crippen LogP contribution in [0.4, 0.5) is 0 Å². The van der Waals surface area contributed by atoms with Gasteiger partial charge in [0.05, 0.1) is 0 Å². The monoisotopic (exact) mass is 588 g/mol. The highest BCUT2D eigenvalue weighted by Gasteiger charge is 2.44. The molecule has 0 amide bonds. The normalized spacial score (nSPS) is 18.3. The minimum absolute atomic E-state index is 0.193. The number of hydrogen-bond acceptors (Lipinski definition) is 4. The zero-order chi connectivity index (χ0) is 30.8. The average molecular weight is 589 g/mol. The van der Waals surface area contributed by atoms with Crippen molar-refractivity contribution >= 4 is 0 Å². The molecular weight excluding hydrogens is 536 g/mol. The van der Waals surface area contributed by atoms with Crippen LogP contribution in [0.1, 0.15) is 44.5 Å². The molecule has 4 heteroatoms. The van der Waals surface area contributed by atoms with Gasteiger partial charge in [-0.3, -0.25) is 4.90 Å². The molecule has 4 aromatic rings. The summed E-state index contributed by atoms with van der Waals surface area (Å²) in [6.45, 7) is 15.4. The van der Waals surface area contributed by atoms with Gasteiger partial charge in [0, 0.05) is 57.4 Å². The number of aryl methyl sites for hydroxylation is 4. The lowest BCUT2D eigenvalue weighted by Gasteiger charge is -2.51. The summed E-state index contributed by atoms with van der Waals surface area (Å²) in [4.78, 5) is 2.82. The number of benzene rings is 4. The summed E-state index contributed by atoms with van der Waals surface area (Å²) in [7, 11) is 0. The molecule has 1 saturated heterocycles. The van der Waals surface area contributed by atoms with Crippen molar-refractivity contribution in [1.29, 1.82) is 0 Å². The number of nitrogens with zero attached hydrogens (tertiary/aromatic N) is 1. The molecule has 4 nitrogen and oxygen atoms in total. The molecule has 3 N–H and O–H groups in total. The van der Waals surface area contributed by atoms with E-state index in [9.17, 15) is 0 Å². The van der Waals surface area contributed by atoms with Crippen LogP contribution in [0.15, 0.2) is 97.1 Å². The first-order valence-corrected chi connectivity index (χ1v) is 16.5. The summed E-state index contributed by atoms with van der Waals surface area (Å²) in [5, 5.41) is 11.6. The predicted octanol–water partition coefficient (Wildman–Crippen LogP) is 6.34. The van der Waals surface area contributed by atoms with Gasteiger partial charge < -0.3 is 16.0 Å². The molecule has 232 valence electrons. The molecule has 0 spiro atoms. The SMILES string of the molecule is Cc1ccc(CC2NCCNCCNCCN(Cc3ccc(C)cc3)C2(Cc2ccc(C)cc2)Cc2ccc(C)cc2)cc1. The van der Waals surface area contributed by atoms with Gasteiger partial charge in [0.15, 0.2) is 0 Å². The highest BCUT2D eigenvalue weighted by atomic mass is 15.2. The highest BCUT2D eigenvalue weighted by Crippen LogP contribution is 2.34. The minimum atomic E-state index is -0.193. The second-order valence-electron chi connectivity index (χ2n) is 13.0. The van der Waals surface area contributed by atoms with Gasteiger partial charge >= 0.3 is 0 Å². The standard InChI is InChI=1S/C40H52N4/c1-31-5-13-35(14-6-31)27-39-40(28-36-15-7-32(2)8-16-36,29-37-17-9-33(3)10-18-37)44(30-38-19-11-34(4)12-20-38)26-25-42-22-21-41-23-24-43-39/h5-20,39,41-43H,21-30H2,1-4H3. The van der Waals surface area contributed by atoms with E-state index in [0.29, 0.717) is 0 Å². The van der Waals surface area contributed by atoms with Crippen LogP contribution in [0.3, 0.4) is 0 Å². The fraction of sp³-hybridized carbons (Fsp3) is 0.400. The van der Waals surface area contributed by atoms with E-state index < -0.39 is 0 Å². The second kappa shape index (κ2) is 15.6. The van der Waals surface area contributed by atoms with E-state index in [0.717, 1.165) is 65.1 Å². The van der Waals surface area contributed by atoms with E-state index in [1.807, 2.05) is 0 Å². The van der Waals surface area contributed by atoms with Crippen molar-refractivity contribution in [3.8, 4) is 0 Å². The third kappa shape index (κ3) is 8.89. The summed E-state index contributed by atoms with van der Waals surface area (Å²) in [6.07, 6.45) is 2.89. The fourth-order valence-electron chi connectivity index (χ4n) is 6.63. The molecular formula is C40H52N4. The van der Waals surface area contributed by atoms with Gasteiger partial charge in [0.1, 0.15) is 0 Å². The number of nitrogens with one attached hydrogen (secondary N) is 3. The number of rotatable bonds is 8. The molecule has 1 unspecified atom stereocenters. The van der Waals surface area contributed by atoms with Gasteiger partial charge in [-0.25, -0.2) is 0 Å². The summed E-state index contributed by atoms with van der Waals surface area (Å²) in [6, 6.07) is 37.1. The maximum Gasteiger partial charge on any atom is 0.0450 e. The second-order valence-corrected chi connectivity index (χ2v) is 13.0. The Labute approximate surface area is 266 Å². The lowest BCUT2D eigenvalue weighted by atomic mass is 9.74. The van der Waals surface area contributed by atoms with Crippen LogP contribution in [0, 0.1) is 27.7 Å². The summed E-state index contributed by atoms with van der Waals surface area (Å²) in [5.74, 6) is 0. The van der Waals surface area contributed by atoms with Gasteiger partial charge in [0.25, 0.3) is 0 Å². The molecule has 1 heterocycles. The zero-order valence-corrected chi connectivity index (χ0v) is 27.3. The first kappa shape index (κ1) is 32.1. The Bertz CT molecular complexity index is 1300. The average Bonchev–Trinajstić information content (AvgIpc) is 3.02. The lowest BCUT2D eigenvalue weighted by molar-refractivity contribution is 0.0401. The Kier molecular flexibility index (Phi) is 11.4. The quantitative estimate of drug-likeness (QED) is 0.225. The van der Waals surface area contributed by atoms with E-state index in [2.05, 4.69) is 146 Å². The molecule has 1 atom stereocenters. The summed E-state index contributed by atoms with van der Waals surface area (Å²) < 4.78 is 0. The van der Waals surface area contributed by atoms with Gasteiger partial charge in [-0.15, -0.1) is 0 Å². The summed E-state index contributed by atoms with van der Waals surface area (Å²) >= 11 is 0. The molecule has 1 aliphatic rings. The molecule has 4 aromatic carbocycles. The first-order chi connectivity index (χ1) is 21.4. The van der Waals surface area contributed by atoms with Crippen LogP contribution in [-0.4, -0.2) is 55.7 Å². The third-order valence-corrected chi connectivity index (χ3v) is 9.32. The molecule has 44 heavy (non-hydrogen) atoms. The fourth-order valence-corrected chi connectivity index (χ4v) is 6.63. The summed E-state index contributed by atoms with van der Waals surface area (Å²) in [5.41, 5.74) is 10.6. The van der Waals surface area contributed by atoms with Crippen LogP contribution in [0.2, 0.25) is 0 Å². The van der Waals surface area contributed by atoms with Crippen molar-refractivity contribution in [3.63, 3.8) is 0 Å². The van der Waals surface area contributed by atoms with E-state index in [-0.39, 0.29) is 11.6 Å². The Morgan fingerprint density at radius 1 is 0.523 bits per heavy atom.